The van der Waals surface area contributed by atoms with Crippen molar-refractivity contribution in [2.45, 2.75) is 12.8 Å². The average Bonchev–Trinajstić information content (AvgIpc) is 2.67. The van der Waals surface area contributed by atoms with Crippen molar-refractivity contribution >= 4 is 11.9 Å². The van der Waals surface area contributed by atoms with E-state index in [1.165, 1.54) is 6.07 Å². The number of rotatable bonds is 5. The van der Waals surface area contributed by atoms with Crippen LogP contribution in [0.25, 0.3) is 0 Å². The van der Waals surface area contributed by atoms with E-state index in [1.807, 2.05) is 30.3 Å². The standard InChI is InChI=1S/C19H14F3N3O2/c20-19(21,22)16-10-11-23-18(24-16)25-17(26)14-8-4-5-9-15(14)27-12-13-6-2-1-3-7-13/h1-11H,12H2,(H,23,24,25,26). The average molecular weight is 373 g/mol. The van der Waals surface area contributed by atoms with Gasteiger partial charge in [-0.15, -0.1) is 0 Å². The minimum absolute atomic E-state index is 0.162. The second-order valence-electron chi connectivity index (χ2n) is 5.49. The van der Waals surface area contributed by atoms with E-state index in [4.69, 9.17) is 4.74 Å². The normalized spacial score (nSPS) is 11.1. The highest BCUT2D eigenvalue weighted by Gasteiger charge is 2.33. The van der Waals surface area contributed by atoms with Crippen molar-refractivity contribution in [3.63, 3.8) is 0 Å². The summed E-state index contributed by atoms with van der Waals surface area (Å²) in [6.45, 7) is 0.241. The van der Waals surface area contributed by atoms with Gasteiger partial charge in [0.05, 0.1) is 5.56 Å². The number of anilines is 1. The quantitative estimate of drug-likeness (QED) is 0.723. The summed E-state index contributed by atoms with van der Waals surface area (Å²) in [4.78, 5) is 19.4. The van der Waals surface area contributed by atoms with E-state index in [2.05, 4.69) is 15.3 Å². The third kappa shape index (κ3) is 4.81. The molecule has 0 saturated heterocycles. The molecule has 0 aliphatic carbocycles. The summed E-state index contributed by atoms with van der Waals surface area (Å²) in [5, 5.41) is 2.27. The molecule has 1 heterocycles. The molecule has 1 amide bonds. The molecule has 0 saturated carbocycles. The number of carbonyl (C=O) groups excluding carboxylic acids is 1. The maximum atomic E-state index is 12.7. The zero-order chi connectivity index (χ0) is 19.3. The molecule has 0 radical (unpaired) electrons. The smallest absolute Gasteiger partial charge is 0.433 e. The Balaban J connectivity index is 1.75. The van der Waals surface area contributed by atoms with Gasteiger partial charge in [0.25, 0.3) is 5.91 Å². The van der Waals surface area contributed by atoms with Gasteiger partial charge in [-0.05, 0) is 23.8 Å². The molecule has 0 atom stereocenters. The van der Waals surface area contributed by atoms with Crippen LogP contribution >= 0.6 is 0 Å². The number of nitrogens with one attached hydrogen (secondary N) is 1. The number of ether oxygens (including phenoxy) is 1. The van der Waals surface area contributed by atoms with E-state index in [1.54, 1.807) is 18.2 Å². The van der Waals surface area contributed by atoms with Crippen molar-refractivity contribution in [3.05, 3.63) is 83.7 Å². The number of amides is 1. The summed E-state index contributed by atoms with van der Waals surface area (Å²) in [5.41, 5.74) is -0.0650. The highest BCUT2D eigenvalue weighted by atomic mass is 19.4. The van der Waals surface area contributed by atoms with Gasteiger partial charge in [-0.1, -0.05) is 42.5 Å². The summed E-state index contributed by atoms with van der Waals surface area (Å²) in [5.74, 6) is -0.809. The molecule has 2 aromatic carbocycles. The number of aromatic nitrogens is 2. The molecule has 8 heteroatoms. The van der Waals surface area contributed by atoms with Crippen molar-refractivity contribution in [1.29, 1.82) is 0 Å². The zero-order valence-electron chi connectivity index (χ0n) is 13.9. The van der Waals surface area contributed by atoms with E-state index in [-0.39, 0.29) is 12.2 Å². The van der Waals surface area contributed by atoms with Gasteiger partial charge in [-0.2, -0.15) is 13.2 Å². The Kier molecular flexibility index (Phi) is 5.35. The van der Waals surface area contributed by atoms with E-state index in [9.17, 15) is 18.0 Å². The molecule has 0 spiro atoms. The molecule has 0 aliphatic rings. The van der Waals surface area contributed by atoms with Crippen molar-refractivity contribution in [2.24, 2.45) is 0 Å². The first kappa shape index (κ1) is 18.4. The monoisotopic (exact) mass is 373 g/mol. The molecular weight excluding hydrogens is 359 g/mol. The summed E-state index contributed by atoms with van der Waals surface area (Å²) < 4.78 is 43.9. The number of hydrogen-bond donors (Lipinski definition) is 1. The van der Waals surface area contributed by atoms with Crippen molar-refractivity contribution in [3.8, 4) is 5.75 Å². The Bertz CT molecular complexity index is 931. The van der Waals surface area contributed by atoms with Crippen LogP contribution in [0.2, 0.25) is 0 Å². The summed E-state index contributed by atoms with van der Waals surface area (Å²) in [7, 11) is 0. The molecule has 0 aliphatic heterocycles. The molecule has 1 aromatic heterocycles. The fourth-order valence-corrected chi connectivity index (χ4v) is 2.26. The van der Waals surface area contributed by atoms with Gasteiger partial charge in [-0.3, -0.25) is 10.1 Å². The topological polar surface area (TPSA) is 64.1 Å². The van der Waals surface area contributed by atoms with Crippen LogP contribution in [-0.2, 0) is 12.8 Å². The molecule has 27 heavy (non-hydrogen) atoms. The summed E-state index contributed by atoms with van der Waals surface area (Å²) in [6.07, 6.45) is -3.69. The van der Waals surface area contributed by atoms with Crippen molar-refractivity contribution in [1.82, 2.24) is 9.97 Å². The minimum atomic E-state index is -4.63. The molecule has 5 nitrogen and oxygen atoms in total. The number of carbonyl (C=O) groups is 1. The molecule has 1 N–H and O–H groups in total. The Labute approximate surface area is 152 Å². The largest absolute Gasteiger partial charge is 0.488 e. The fourth-order valence-electron chi connectivity index (χ4n) is 2.26. The van der Waals surface area contributed by atoms with Crippen LogP contribution in [0.15, 0.2) is 66.9 Å². The molecule has 0 fully saturated rings. The minimum Gasteiger partial charge on any atom is -0.488 e. The lowest BCUT2D eigenvalue weighted by Crippen LogP contribution is -2.17. The van der Waals surface area contributed by atoms with E-state index >= 15 is 0 Å². The molecule has 138 valence electrons. The number of benzene rings is 2. The van der Waals surface area contributed by atoms with E-state index in [0.29, 0.717) is 5.75 Å². The van der Waals surface area contributed by atoms with Gasteiger partial charge in [0.2, 0.25) is 5.95 Å². The van der Waals surface area contributed by atoms with Gasteiger partial charge in [0.1, 0.15) is 18.1 Å². The Morgan fingerprint density at radius 1 is 1.00 bits per heavy atom. The highest BCUT2D eigenvalue weighted by Crippen LogP contribution is 2.28. The van der Waals surface area contributed by atoms with Gasteiger partial charge in [0.15, 0.2) is 0 Å². The number of halogens is 3. The lowest BCUT2D eigenvalue weighted by molar-refractivity contribution is -0.141. The van der Waals surface area contributed by atoms with Gasteiger partial charge in [0, 0.05) is 6.20 Å². The number of alkyl halides is 3. The first-order valence-electron chi connectivity index (χ1n) is 7.91. The third-order valence-electron chi connectivity index (χ3n) is 3.54. The molecule has 0 bridgehead atoms. The lowest BCUT2D eigenvalue weighted by atomic mass is 10.2. The maximum absolute atomic E-state index is 12.7. The van der Waals surface area contributed by atoms with Crippen molar-refractivity contribution in [2.75, 3.05) is 5.32 Å². The number of nitrogens with zero attached hydrogens (tertiary/aromatic N) is 2. The van der Waals surface area contributed by atoms with Crippen LogP contribution in [0.4, 0.5) is 19.1 Å². The SMILES string of the molecule is O=C(Nc1nccc(C(F)(F)F)n1)c1ccccc1OCc1ccccc1. The molecule has 3 aromatic rings. The van der Waals surface area contributed by atoms with Gasteiger partial charge < -0.3 is 4.74 Å². The van der Waals surface area contributed by atoms with Crippen molar-refractivity contribution < 1.29 is 22.7 Å². The first-order valence-corrected chi connectivity index (χ1v) is 7.91. The van der Waals surface area contributed by atoms with E-state index < -0.39 is 23.7 Å². The summed E-state index contributed by atoms with van der Waals surface area (Å²) >= 11 is 0. The third-order valence-corrected chi connectivity index (χ3v) is 3.54. The molecule has 0 unspecified atom stereocenters. The van der Waals surface area contributed by atoms with Crippen LogP contribution in [0.5, 0.6) is 5.75 Å². The number of para-hydroxylation sites is 1. The molecular formula is C19H14F3N3O2. The summed E-state index contributed by atoms with van der Waals surface area (Å²) in [6, 6.07) is 16.5. The first-order chi connectivity index (χ1) is 12.9. The number of hydrogen-bond acceptors (Lipinski definition) is 4. The van der Waals surface area contributed by atoms with Crippen LogP contribution in [-0.4, -0.2) is 15.9 Å². The second-order valence-corrected chi connectivity index (χ2v) is 5.49. The second kappa shape index (κ2) is 7.86. The van der Waals surface area contributed by atoms with Crippen LogP contribution in [0, 0.1) is 0 Å². The van der Waals surface area contributed by atoms with Gasteiger partial charge >= 0.3 is 6.18 Å². The Morgan fingerprint density at radius 3 is 2.44 bits per heavy atom. The molecule has 3 rings (SSSR count). The highest BCUT2D eigenvalue weighted by molar-refractivity contribution is 6.05. The van der Waals surface area contributed by atoms with Crippen LogP contribution in [0.1, 0.15) is 21.6 Å². The van der Waals surface area contributed by atoms with Gasteiger partial charge in [-0.25, -0.2) is 9.97 Å². The lowest BCUT2D eigenvalue weighted by Gasteiger charge is -2.12. The van der Waals surface area contributed by atoms with Crippen LogP contribution < -0.4 is 10.1 Å². The zero-order valence-corrected chi connectivity index (χ0v) is 13.9. The van der Waals surface area contributed by atoms with Crippen LogP contribution in [0.3, 0.4) is 0 Å². The fraction of sp³-hybridized carbons (Fsp3) is 0.105. The Morgan fingerprint density at radius 2 is 1.70 bits per heavy atom. The predicted octanol–water partition coefficient (Wildman–Crippen LogP) is 4.33. The van der Waals surface area contributed by atoms with E-state index in [0.717, 1.165) is 17.8 Å². The Hall–Kier alpha value is -3.42. The predicted molar refractivity (Wildman–Crippen MR) is 92.2 cm³/mol. The maximum Gasteiger partial charge on any atom is 0.433 e.